The van der Waals surface area contributed by atoms with Crippen molar-refractivity contribution < 1.29 is 35.9 Å². The van der Waals surface area contributed by atoms with Gasteiger partial charge in [-0.15, -0.1) is 0 Å². The lowest BCUT2D eigenvalue weighted by molar-refractivity contribution is -0.143. The van der Waals surface area contributed by atoms with Crippen LogP contribution in [-0.4, -0.2) is 30.0 Å². The molecule has 0 saturated carbocycles. The number of fused-ring (bicyclic) bond motifs is 1. The van der Waals surface area contributed by atoms with Crippen LogP contribution in [0.4, 0.5) is 32.0 Å². The van der Waals surface area contributed by atoms with Gasteiger partial charge in [0.2, 0.25) is 6.10 Å². The zero-order valence-electron chi connectivity index (χ0n) is 16.9. The van der Waals surface area contributed by atoms with E-state index in [1.807, 2.05) is 0 Å². The summed E-state index contributed by atoms with van der Waals surface area (Å²) in [6, 6.07) is 4.58. The standard InChI is InChI=1S/C21H19ClF6N2O2/c1-3-30(4-2)19(31)18-17(15-10-13(22)5-6-16(15)32-18)29-14-8-11(20(23,24)25)7-12(9-14)21(26,27)28/h5-10,17-18,29H,3-4H2,1-2H3/t17-,18-/m1/s1. The summed E-state index contributed by atoms with van der Waals surface area (Å²) in [5.41, 5.74) is -3.03. The molecule has 1 aliphatic heterocycles. The average molecular weight is 481 g/mol. The van der Waals surface area contributed by atoms with Crippen molar-refractivity contribution in [2.45, 2.75) is 38.3 Å². The van der Waals surface area contributed by atoms with Crippen molar-refractivity contribution in [1.29, 1.82) is 0 Å². The number of amides is 1. The van der Waals surface area contributed by atoms with Gasteiger partial charge in [-0.3, -0.25) is 4.79 Å². The van der Waals surface area contributed by atoms with Gasteiger partial charge in [0.05, 0.1) is 11.1 Å². The zero-order chi connectivity index (χ0) is 23.8. The summed E-state index contributed by atoms with van der Waals surface area (Å²) in [6.45, 7) is 4.18. The molecule has 2 aromatic carbocycles. The molecule has 3 rings (SSSR count). The number of ether oxygens (including phenoxy) is 1. The van der Waals surface area contributed by atoms with Gasteiger partial charge in [-0.1, -0.05) is 11.6 Å². The lowest BCUT2D eigenvalue weighted by Gasteiger charge is -2.27. The van der Waals surface area contributed by atoms with Crippen LogP contribution in [0.15, 0.2) is 36.4 Å². The molecule has 32 heavy (non-hydrogen) atoms. The van der Waals surface area contributed by atoms with Gasteiger partial charge in [0.25, 0.3) is 5.91 Å². The van der Waals surface area contributed by atoms with E-state index in [1.54, 1.807) is 13.8 Å². The third kappa shape index (κ3) is 4.90. The molecule has 0 spiro atoms. The van der Waals surface area contributed by atoms with E-state index in [9.17, 15) is 31.1 Å². The third-order valence-electron chi connectivity index (χ3n) is 5.09. The Morgan fingerprint density at radius 1 is 1.00 bits per heavy atom. The molecule has 1 amide bonds. The molecule has 0 bridgehead atoms. The van der Waals surface area contributed by atoms with Crippen LogP contribution < -0.4 is 10.1 Å². The average Bonchev–Trinajstić information content (AvgIpc) is 3.05. The van der Waals surface area contributed by atoms with Gasteiger partial charge < -0.3 is 15.0 Å². The predicted octanol–water partition coefficient (Wildman–Crippen LogP) is 6.16. The minimum Gasteiger partial charge on any atom is -0.478 e. The molecule has 2 atom stereocenters. The van der Waals surface area contributed by atoms with Crippen LogP contribution in [0.1, 0.15) is 36.6 Å². The number of rotatable bonds is 5. The highest BCUT2D eigenvalue weighted by atomic mass is 35.5. The van der Waals surface area contributed by atoms with Crippen LogP contribution in [0.2, 0.25) is 5.02 Å². The Hall–Kier alpha value is -2.62. The summed E-state index contributed by atoms with van der Waals surface area (Å²) < 4.78 is 85.2. The predicted molar refractivity (Wildman–Crippen MR) is 107 cm³/mol. The fourth-order valence-electron chi connectivity index (χ4n) is 3.52. The highest BCUT2D eigenvalue weighted by molar-refractivity contribution is 6.30. The van der Waals surface area contributed by atoms with Crippen molar-refractivity contribution in [3.05, 3.63) is 58.1 Å². The van der Waals surface area contributed by atoms with Gasteiger partial charge in [-0.05, 0) is 50.2 Å². The molecule has 1 N–H and O–H groups in total. The maximum Gasteiger partial charge on any atom is 0.416 e. The van der Waals surface area contributed by atoms with E-state index in [2.05, 4.69) is 5.32 Å². The van der Waals surface area contributed by atoms with Crippen LogP contribution in [0.3, 0.4) is 0 Å². The van der Waals surface area contributed by atoms with Crippen molar-refractivity contribution in [1.82, 2.24) is 4.90 Å². The number of nitrogens with zero attached hydrogens (tertiary/aromatic N) is 1. The molecular formula is C21H19ClF6N2O2. The second kappa shape index (κ2) is 8.73. The molecular weight excluding hydrogens is 462 g/mol. The first-order valence-electron chi connectivity index (χ1n) is 9.66. The van der Waals surface area contributed by atoms with E-state index in [-0.39, 0.29) is 16.8 Å². The number of hydrogen-bond donors (Lipinski definition) is 1. The Kier molecular flexibility index (Phi) is 6.55. The maximum absolute atomic E-state index is 13.2. The zero-order valence-corrected chi connectivity index (χ0v) is 17.7. The van der Waals surface area contributed by atoms with Crippen LogP contribution in [0.5, 0.6) is 5.75 Å². The minimum atomic E-state index is -5.00. The van der Waals surface area contributed by atoms with E-state index in [0.29, 0.717) is 30.8 Å². The summed E-state index contributed by atoms with van der Waals surface area (Å²) in [7, 11) is 0. The van der Waals surface area contributed by atoms with E-state index in [1.165, 1.54) is 23.1 Å². The molecule has 11 heteroatoms. The van der Waals surface area contributed by atoms with Crippen LogP contribution in [0, 0.1) is 0 Å². The Labute approximate surface area is 185 Å². The Balaban J connectivity index is 2.07. The lowest BCUT2D eigenvalue weighted by atomic mass is 10.0. The van der Waals surface area contributed by atoms with Crippen molar-refractivity contribution in [3.63, 3.8) is 0 Å². The summed E-state index contributed by atoms with van der Waals surface area (Å²) in [5.74, 6) is -0.191. The van der Waals surface area contributed by atoms with Gasteiger partial charge in [0.1, 0.15) is 11.8 Å². The fraction of sp³-hybridized carbons (Fsp3) is 0.381. The molecule has 0 aromatic heterocycles. The SMILES string of the molecule is CCN(CC)C(=O)[C@@H]1Oc2ccc(Cl)cc2[C@H]1Nc1cc(C(F)(F)F)cc(C(F)(F)F)c1. The second-order valence-corrected chi connectivity index (χ2v) is 7.58. The van der Waals surface area contributed by atoms with Gasteiger partial charge in [0.15, 0.2) is 0 Å². The van der Waals surface area contributed by atoms with Crippen molar-refractivity contribution in [2.75, 3.05) is 18.4 Å². The number of carbonyl (C=O) groups excluding carboxylic acids is 1. The fourth-order valence-corrected chi connectivity index (χ4v) is 3.70. The first kappa shape index (κ1) is 24.0. The van der Waals surface area contributed by atoms with E-state index >= 15 is 0 Å². The van der Waals surface area contributed by atoms with Gasteiger partial charge in [-0.25, -0.2) is 0 Å². The first-order valence-corrected chi connectivity index (χ1v) is 10.0. The molecule has 0 unspecified atom stereocenters. The number of nitrogens with one attached hydrogen (secondary N) is 1. The smallest absolute Gasteiger partial charge is 0.416 e. The molecule has 0 radical (unpaired) electrons. The largest absolute Gasteiger partial charge is 0.478 e. The van der Waals surface area contributed by atoms with E-state index in [0.717, 1.165) is 0 Å². The highest BCUT2D eigenvalue weighted by Gasteiger charge is 2.42. The monoisotopic (exact) mass is 480 g/mol. The van der Waals surface area contributed by atoms with Gasteiger partial charge in [0, 0.05) is 29.4 Å². The second-order valence-electron chi connectivity index (χ2n) is 7.15. The number of likely N-dealkylation sites (N-methyl/N-ethyl adjacent to an activating group) is 1. The topological polar surface area (TPSA) is 41.6 Å². The molecule has 2 aromatic rings. The summed E-state index contributed by atoms with van der Waals surface area (Å²) in [4.78, 5) is 14.4. The van der Waals surface area contributed by atoms with E-state index < -0.39 is 47.2 Å². The quantitative estimate of drug-likeness (QED) is 0.521. The number of halogens is 7. The van der Waals surface area contributed by atoms with Crippen LogP contribution in [0.25, 0.3) is 0 Å². The molecule has 174 valence electrons. The van der Waals surface area contributed by atoms with Crippen LogP contribution >= 0.6 is 11.6 Å². The lowest BCUT2D eigenvalue weighted by Crippen LogP contribution is -2.44. The Morgan fingerprint density at radius 3 is 2.06 bits per heavy atom. The molecule has 1 heterocycles. The Bertz CT molecular complexity index is 973. The Morgan fingerprint density at radius 2 is 1.56 bits per heavy atom. The normalized spacial score (nSPS) is 18.2. The molecule has 0 fully saturated rings. The first-order chi connectivity index (χ1) is 14.8. The highest BCUT2D eigenvalue weighted by Crippen LogP contribution is 2.43. The summed E-state index contributed by atoms with van der Waals surface area (Å²) >= 11 is 6.03. The van der Waals surface area contributed by atoms with Crippen LogP contribution in [-0.2, 0) is 17.1 Å². The number of carbonyl (C=O) groups is 1. The van der Waals surface area contributed by atoms with Gasteiger partial charge >= 0.3 is 12.4 Å². The number of anilines is 1. The summed E-state index contributed by atoms with van der Waals surface area (Å²) in [5, 5.41) is 2.93. The number of hydrogen-bond acceptors (Lipinski definition) is 3. The van der Waals surface area contributed by atoms with Gasteiger partial charge in [-0.2, -0.15) is 26.3 Å². The molecule has 4 nitrogen and oxygen atoms in total. The minimum absolute atomic E-state index is 0.0413. The third-order valence-corrected chi connectivity index (χ3v) is 5.33. The molecule has 0 aliphatic carbocycles. The molecule has 1 aliphatic rings. The number of benzene rings is 2. The van der Waals surface area contributed by atoms with Crippen molar-refractivity contribution in [2.24, 2.45) is 0 Å². The van der Waals surface area contributed by atoms with E-state index in [4.69, 9.17) is 16.3 Å². The number of alkyl halides is 6. The van der Waals surface area contributed by atoms with Crippen molar-refractivity contribution >= 4 is 23.2 Å². The molecule has 0 saturated heterocycles. The summed E-state index contributed by atoms with van der Waals surface area (Å²) in [6.07, 6.45) is -11.2. The van der Waals surface area contributed by atoms with Crippen molar-refractivity contribution in [3.8, 4) is 5.75 Å². The maximum atomic E-state index is 13.2.